The van der Waals surface area contributed by atoms with Crippen LogP contribution in [-0.4, -0.2) is 69.7 Å². The molecule has 5 nitrogen and oxygen atoms in total. The number of sulfonamides is 1. The molecular weight excluding hydrogens is 286 g/mol. The number of hydrogen-bond donors (Lipinski definition) is 1. The van der Waals surface area contributed by atoms with Crippen LogP contribution in [-0.2, 0) is 10.0 Å². The highest BCUT2D eigenvalue weighted by Crippen LogP contribution is 2.20. The molecule has 6 heteroatoms. The zero-order chi connectivity index (χ0) is 15.9. The minimum absolute atomic E-state index is 0.297. The van der Waals surface area contributed by atoms with Gasteiger partial charge in [-0.2, -0.15) is 0 Å². The summed E-state index contributed by atoms with van der Waals surface area (Å²) >= 11 is 0. The molecule has 1 fully saturated rings. The zero-order valence-electron chi connectivity index (χ0n) is 14.1. The van der Waals surface area contributed by atoms with E-state index < -0.39 is 10.0 Å². The van der Waals surface area contributed by atoms with Crippen molar-refractivity contribution in [1.82, 2.24) is 14.5 Å². The highest BCUT2D eigenvalue weighted by molar-refractivity contribution is 7.89. The summed E-state index contributed by atoms with van der Waals surface area (Å²) in [6.07, 6.45) is 3.66. The van der Waals surface area contributed by atoms with Crippen molar-refractivity contribution in [1.29, 1.82) is 0 Å². The summed E-state index contributed by atoms with van der Waals surface area (Å²) in [6, 6.07) is 0.470. The van der Waals surface area contributed by atoms with Crippen molar-refractivity contribution in [3.63, 3.8) is 0 Å². The Morgan fingerprint density at radius 2 is 1.81 bits per heavy atom. The normalized spacial score (nSPS) is 18.8. The molecule has 126 valence electrons. The average Bonchev–Trinajstić information content (AvgIpc) is 2.37. The minimum atomic E-state index is -3.04. The van der Waals surface area contributed by atoms with Gasteiger partial charge in [0.1, 0.15) is 0 Å². The Labute approximate surface area is 131 Å². The number of rotatable bonds is 9. The molecule has 1 N–H and O–H groups in total. The van der Waals surface area contributed by atoms with Crippen LogP contribution in [0.1, 0.15) is 39.5 Å². The smallest absolute Gasteiger partial charge is 0.214 e. The van der Waals surface area contributed by atoms with Crippen molar-refractivity contribution < 1.29 is 8.42 Å². The summed E-state index contributed by atoms with van der Waals surface area (Å²) < 4.78 is 26.3. The quantitative estimate of drug-likeness (QED) is 0.652. The van der Waals surface area contributed by atoms with Crippen molar-refractivity contribution >= 4 is 10.0 Å². The van der Waals surface area contributed by atoms with E-state index in [9.17, 15) is 8.42 Å². The third-order valence-corrected chi connectivity index (χ3v) is 5.93. The fourth-order valence-corrected chi connectivity index (χ4v) is 4.41. The lowest BCUT2D eigenvalue weighted by Crippen LogP contribution is -2.41. The number of hydrogen-bond acceptors (Lipinski definition) is 4. The Balaban J connectivity index is 2.26. The maximum atomic E-state index is 12.3. The van der Waals surface area contributed by atoms with Crippen LogP contribution in [0.2, 0.25) is 0 Å². The molecule has 0 amide bonds. The van der Waals surface area contributed by atoms with Crippen LogP contribution in [0, 0.1) is 5.92 Å². The van der Waals surface area contributed by atoms with E-state index in [1.54, 1.807) is 4.31 Å². The van der Waals surface area contributed by atoms with E-state index in [0.717, 1.165) is 38.8 Å². The molecule has 0 aromatic heterocycles. The van der Waals surface area contributed by atoms with Gasteiger partial charge in [-0.25, -0.2) is 12.7 Å². The second kappa shape index (κ2) is 9.08. The van der Waals surface area contributed by atoms with Gasteiger partial charge in [0.2, 0.25) is 10.0 Å². The van der Waals surface area contributed by atoms with Gasteiger partial charge < -0.3 is 10.2 Å². The molecule has 0 saturated carbocycles. The standard InChI is InChI=1S/C15H33N3O2S/c1-14(2)16-9-5-6-12-21(19,20)18-10-7-15(8-11-18)13-17(3)4/h14-16H,5-13H2,1-4H3. The maximum Gasteiger partial charge on any atom is 0.214 e. The predicted octanol–water partition coefficient (Wildman–Crippen LogP) is 1.37. The van der Waals surface area contributed by atoms with Gasteiger partial charge in [0.15, 0.2) is 0 Å². The van der Waals surface area contributed by atoms with E-state index in [2.05, 4.69) is 38.2 Å². The van der Waals surface area contributed by atoms with Gasteiger partial charge in [-0.15, -0.1) is 0 Å². The van der Waals surface area contributed by atoms with Gasteiger partial charge in [-0.3, -0.25) is 0 Å². The Kier molecular flexibility index (Phi) is 8.16. The summed E-state index contributed by atoms with van der Waals surface area (Å²) in [5.41, 5.74) is 0. The van der Waals surface area contributed by atoms with Crippen molar-refractivity contribution in [3.05, 3.63) is 0 Å². The molecule has 0 aliphatic carbocycles. The van der Waals surface area contributed by atoms with E-state index in [0.29, 0.717) is 30.8 Å². The summed E-state index contributed by atoms with van der Waals surface area (Å²) in [4.78, 5) is 2.19. The highest BCUT2D eigenvalue weighted by Gasteiger charge is 2.27. The minimum Gasteiger partial charge on any atom is -0.315 e. The lowest BCUT2D eigenvalue weighted by atomic mass is 9.98. The number of nitrogens with zero attached hydrogens (tertiary/aromatic N) is 2. The van der Waals surface area contributed by atoms with Gasteiger partial charge in [-0.1, -0.05) is 13.8 Å². The number of piperidine rings is 1. The molecule has 0 bridgehead atoms. The Bertz CT molecular complexity index is 374. The summed E-state index contributed by atoms with van der Waals surface area (Å²) in [5.74, 6) is 0.937. The van der Waals surface area contributed by atoms with Crippen molar-refractivity contribution in [2.24, 2.45) is 5.92 Å². The third-order valence-electron chi connectivity index (χ3n) is 3.97. The molecule has 0 atom stereocenters. The molecule has 0 aromatic carbocycles. The third kappa shape index (κ3) is 7.58. The highest BCUT2D eigenvalue weighted by atomic mass is 32.2. The van der Waals surface area contributed by atoms with Crippen LogP contribution < -0.4 is 5.32 Å². The Morgan fingerprint density at radius 1 is 1.19 bits per heavy atom. The second-order valence-electron chi connectivity index (χ2n) is 6.74. The van der Waals surface area contributed by atoms with Gasteiger partial charge in [0.25, 0.3) is 0 Å². The molecule has 1 rings (SSSR count). The molecule has 1 aliphatic heterocycles. The topological polar surface area (TPSA) is 52.7 Å². The van der Waals surface area contributed by atoms with Crippen molar-refractivity contribution in [2.45, 2.75) is 45.6 Å². The summed E-state index contributed by atoms with van der Waals surface area (Å²) in [7, 11) is 1.11. The summed E-state index contributed by atoms with van der Waals surface area (Å²) in [5, 5.41) is 3.32. The Morgan fingerprint density at radius 3 is 2.33 bits per heavy atom. The first kappa shape index (κ1) is 18.9. The molecule has 1 aliphatic rings. The number of unbranched alkanes of at least 4 members (excludes halogenated alkanes) is 1. The van der Waals surface area contributed by atoms with Crippen LogP contribution >= 0.6 is 0 Å². The largest absolute Gasteiger partial charge is 0.315 e. The van der Waals surface area contributed by atoms with E-state index in [-0.39, 0.29) is 0 Å². The van der Waals surface area contributed by atoms with Crippen LogP contribution in [0.25, 0.3) is 0 Å². The van der Waals surface area contributed by atoms with Crippen LogP contribution in [0.4, 0.5) is 0 Å². The zero-order valence-corrected chi connectivity index (χ0v) is 15.0. The van der Waals surface area contributed by atoms with Gasteiger partial charge >= 0.3 is 0 Å². The lowest BCUT2D eigenvalue weighted by Gasteiger charge is -2.32. The van der Waals surface area contributed by atoms with Gasteiger partial charge in [0, 0.05) is 25.7 Å². The maximum absolute atomic E-state index is 12.3. The molecule has 0 spiro atoms. The van der Waals surface area contributed by atoms with Gasteiger partial charge in [-0.05, 0) is 52.2 Å². The lowest BCUT2D eigenvalue weighted by molar-refractivity contribution is 0.225. The molecule has 21 heavy (non-hydrogen) atoms. The van der Waals surface area contributed by atoms with Crippen LogP contribution in [0.15, 0.2) is 0 Å². The van der Waals surface area contributed by atoms with E-state index >= 15 is 0 Å². The van der Waals surface area contributed by atoms with E-state index in [1.807, 2.05) is 0 Å². The average molecular weight is 320 g/mol. The molecule has 0 radical (unpaired) electrons. The van der Waals surface area contributed by atoms with Crippen molar-refractivity contribution in [3.8, 4) is 0 Å². The van der Waals surface area contributed by atoms with Crippen LogP contribution in [0.5, 0.6) is 0 Å². The summed E-state index contributed by atoms with van der Waals surface area (Å²) in [6.45, 7) is 7.58. The first-order valence-corrected chi connectivity index (χ1v) is 9.78. The molecule has 1 saturated heterocycles. The molecule has 0 unspecified atom stereocenters. The SMILES string of the molecule is CC(C)NCCCCS(=O)(=O)N1CCC(CN(C)C)CC1. The van der Waals surface area contributed by atoms with Crippen molar-refractivity contribution in [2.75, 3.05) is 46.0 Å². The fourth-order valence-electron chi connectivity index (χ4n) is 2.82. The first-order valence-electron chi connectivity index (χ1n) is 8.17. The molecule has 0 aromatic rings. The molecule has 1 heterocycles. The second-order valence-corrected chi connectivity index (χ2v) is 8.83. The number of nitrogens with one attached hydrogen (secondary N) is 1. The first-order chi connectivity index (χ1) is 9.81. The fraction of sp³-hybridized carbons (Fsp3) is 1.00. The molecular formula is C15H33N3O2S. The van der Waals surface area contributed by atoms with Gasteiger partial charge in [0.05, 0.1) is 5.75 Å². The Hall–Kier alpha value is -0.170. The van der Waals surface area contributed by atoms with E-state index in [4.69, 9.17) is 0 Å². The van der Waals surface area contributed by atoms with E-state index in [1.165, 1.54) is 0 Å². The van der Waals surface area contributed by atoms with Crippen LogP contribution in [0.3, 0.4) is 0 Å². The monoisotopic (exact) mass is 319 g/mol. The predicted molar refractivity (Wildman–Crippen MR) is 89.0 cm³/mol.